The van der Waals surface area contributed by atoms with Gasteiger partial charge in [0, 0.05) is 11.1 Å². The molecule has 0 aliphatic rings. The van der Waals surface area contributed by atoms with E-state index in [0.29, 0.717) is 24.1 Å². The fraction of sp³-hybridized carbons (Fsp3) is 0.111. The number of rotatable bonds is 4. The molecule has 0 unspecified atom stereocenters. The molecule has 0 aliphatic heterocycles. The molecule has 3 rings (SSSR count). The third kappa shape index (κ3) is 3.03. The summed E-state index contributed by atoms with van der Waals surface area (Å²) in [5, 5.41) is 9.23. The summed E-state index contributed by atoms with van der Waals surface area (Å²) in [6.07, 6.45) is 0.906. The minimum atomic E-state index is -1.34. The van der Waals surface area contributed by atoms with Gasteiger partial charge in [-0.05, 0) is 30.5 Å². The monoisotopic (exact) mass is 345 g/mol. The number of pyridine rings is 1. The Balaban J connectivity index is 2.12. The van der Waals surface area contributed by atoms with E-state index in [4.69, 9.17) is 11.6 Å². The summed E-state index contributed by atoms with van der Waals surface area (Å²) in [5.41, 5.74) is 0.563. The summed E-state index contributed by atoms with van der Waals surface area (Å²) in [7, 11) is 0. The number of carboxylic acids is 1. The van der Waals surface area contributed by atoms with Gasteiger partial charge in [-0.1, -0.05) is 41.9 Å². The van der Waals surface area contributed by atoms with Gasteiger partial charge < -0.3 is 10.1 Å². The maximum absolute atomic E-state index is 13.6. The van der Waals surface area contributed by atoms with Crippen molar-refractivity contribution in [3.8, 4) is 0 Å². The first-order chi connectivity index (χ1) is 11.5. The van der Waals surface area contributed by atoms with Crippen molar-refractivity contribution in [2.75, 3.05) is 0 Å². The zero-order valence-corrected chi connectivity index (χ0v) is 13.2. The van der Waals surface area contributed by atoms with E-state index < -0.39 is 17.2 Å². The summed E-state index contributed by atoms with van der Waals surface area (Å²) in [6, 6.07) is 11.8. The van der Waals surface area contributed by atoms with Gasteiger partial charge in [0.05, 0.1) is 10.5 Å². The van der Waals surface area contributed by atoms with Crippen LogP contribution in [0, 0.1) is 5.82 Å². The Bertz CT molecular complexity index is 983. The number of benzene rings is 2. The van der Waals surface area contributed by atoms with E-state index >= 15 is 0 Å². The molecule has 0 amide bonds. The average molecular weight is 346 g/mol. The highest BCUT2D eigenvalue weighted by molar-refractivity contribution is 6.31. The van der Waals surface area contributed by atoms with Gasteiger partial charge in [0.1, 0.15) is 11.4 Å². The van der Waals surface area contributed by atoms with E-state index in [0.717, 1.165) is 11.6 Å². The number of nitrogens with one attached hydrogen (secondary N) is 1. The maximum atomic E-state index is 13.6. The predicted octanol–water partition coefficient (Wildman–Crippen LogP) is 3.80. The number of hydrogen-bond acceptors (Lipinski definition) is 2. The smallest absolute Gasteiger partial charge is 0.341 e. The molecule has 3 aromatic rings. The quantitative estimate of drug-likeness (QED) is 0.755. The highest BCUT2D eigenvalue weighted by Crippen LogP contribution is 2.21. The first-order valence-corrected chi connectivity index (χ1v) is 7.66. The molecule has 0 bridgehead atoms. The van der Waals surface area contributed by atoms with Gasteiger partial charge in [-0.2, -0.15) is 0 Å². The highest BCUT2D eigenvalue weighted by atomic mass is 35.5. The van der Waals surface area contributed by atoms with E-state index in [1.165, 1.54) is 6.07 Å². The van der Waals surface area contributed by atoms with Crippen LogP contribution in [0.3, 0.4) is 0 Å². The largest absolute Gasteiger partial charge is 0.477 e. The van der Waals surface area contributed by atoms with Crippen molar-refractivity contribution < 1.29 is 14.3 Å². The SMILES string of the molecule is O=C(O)c1c(CCc2ccccc2)[nH]c2cc(Cl)c(F)cc2c1=O. The van der Waals surface area contributed by atoms with E-state index in [-0.39, 0.29) is 16.0 Å². The number of carbonyl (C=O) groups is 1. The average Bonchev–Trinajstić information content (AvgIpc) is 2.55. The van der Waals surface area contributed by atoms with Crippen molar-refractivity contribution in [2.45, 2.75) is 12.8 Å². The van der Waals surface area contributed by atoms with Crippen molar-refractivity contribution in [3.63, 3.8) is 0 Å². The molecule has 0 aliphatic carbocycles. The standard InChI is InChI=1S/C18H13ClFNO3/c19-12-9-15-11(8-13(12)20)17(22)16(18(23)24)14(21-15)7-6-10-4-2-1-3-5-10/h1-5,8-9H,6-7H2,(H,21,22)(H,23,24). The zero-order chi connectivity index (χ0) is 17.3. The molecule has 1 aromatic heterocycles. The lowest BCUT2D eigenvalue weighted by Crippen LogP contribution is -2.20. The highest BCUT2D eigenvalue weighted by Gasteiger charge is 2.19. The van der Waals surface area contributed by atoms with Crippen molar-refractivity contribution in [3.05, 3.63) is 80.3 Å². The van der Waals surface area contributed by atoms with E-state index in [1.807, 2.05) is 30.3 Å². The summed E-state index contributed by atoms with van der Waals surface area (Å²) >= 11 is 5.75. The fourth-order valence-electron chi connectivity index (χ4n) is 2.66. The Morgan fingerprint density at radius 2 is 1.88 bits per heavy atom. The van der Waals surface area contributed by atoms with Crippen molar-refractivity contribution in [2.24, 2.45) is 0 Å². The zero-order valence-electron chi connectivity index (χ0n) is 12.5. The molecule has 2 aromatic carbocycles. The number of halogens is 2. The molecule has 0 spiro atoms. The molecule has 0 atom stereocenters. The van der Waals surface area contributed by atoms with Crippen molar-refractivity contribution in [1.29, 1.82) is 0 Å². The van der Waals surface area contributed by atoms with Gasteiger partial charge in [0.15, 0.2) is 0 Å². The Morgan fingerprint density at radius 3 is 2.54 bits per heavy atom. The minimum absolute atomic E-state index is 0.0299. The van der Waals surface area contributed by atoms with Crippen LogP contribution in [0.1, 0.15) is 21.6 Å². The molecule has 0 saturated heterocycles. The van der Waals surface area contributed by atoms with Gasteiger partial charge in [0.25, 0.3) is 0 Å². The van der Waals surface area contributed by atoms with E-state index in [2.05, 4.69) is 4.98 Å². The van der Waals surface area contributed by atoms with Gasteiger partial charge in [-0.25, -0.2) is 9.18 Å². The van der Waals surface area contributed by atoms with E-state index in [9.17, 15) is 19.1 Å². The van der Waals surface area contributed by atoms with Gasteiger partial charge in [-0.15, -0.1) is 0 Å². The number of fused-ring (bicyclic) bond motifs is 1. The fourth-order valence-corrected chi connectivity index (χ4v) is 2.83. The molecule has 4 nitrogen and oxygen atoms in total. The second-order valence-corrected chi connectivity index (χ2v) is 5.82. The van der Waals surface area contributed by atoms with Crippen molar-refractivity contribution >= 4 is 28.5 Å². The second kappa shape index (κ2) is 6.45. The molecule has 2 N–H and O–H groups in total. The third-order valence-corrected chi connectivity index (χ3v) is 4.13. The summed E-state index contributed by atoms with van der Waals surface area (Å²) in [6.45, 7) is 0. The Hall–Kier alpha value is -2.66. The molecule has 1 heterocycles. The lowest BCUT2D eigenvalue weighted by atomic mass is 10.0. The minimum Gasteiger partial charge on any atom is -0.477 e. The number of carboxylic acid groups (broad SMARTS) is 1. The molecule has 122 valence electrons. The summed E-state index contributed by atoms with van der Waals surface area (Å²) in [5.74, 6) is -2.10. The molecular formula is C18H13ClFNO3. The Labute approximate surface area is 141 Å². The van der Waals surface area contributed by atoms with Gasteiger partial charge >= 0.3 is 5.97 Å². The maximum Gasteiger partial charge on any atom is 0.341 e. The van der Waals surface area contributed by atoms with Gasteiger partial charge in [0.2, 0.25) is 5.43 Å². The van der Waals surface area contributed by atoms with Crippen LogP contribution in [0.15, 0.2) is 47.3 Å². The van der Waals surface area contributed by atoms with Crippen LogP contribution >= 0.6 is 11.6 Å². The van der Waals surface area contributed by atoms with Crippen LogP contribution in [0.2, 0.25) is 5.02 Å². The number of hydrogen-bond donors (Lipinski definition) is 2. The molecule has 6 heteroatoms. The lowest BCUT2D eigenvalue weighted by molar-refractivity contribution is 0.0694. The van der Waals surface area contributed by atoms with Gasteiger partial charge in [-0.3, -0.25) is 4.79 Å². The van der Waals surface area contributed by atoms with Crippen molar-refractivity contribution in [1.82, 2.24) is 4.98 Å². The first kappa shape index (κ1) is 16.2. The number of aromatic nitrogens is 1. The Morgan fingerprint density at radius 1 is 1.17 bits per heavy atom. The number of aryl methyl sites for hydroxylation is 2. The van der Waals surface area contributed by atoms with E-state index in [1.54, 1.807) is 0 Å². The summed E-state index contributed by atoms with van der Waals surface area (Å²) < 4.78 is 13.6. The van der Waals surface area contributed by atoms with Crippen LogP contribution in [0.25, 0.3) is 10.9 Å². The molecule has 0 saturated carbocycles. The normalized spacial score (nSPS) is 10.9. The second-order valence-electron chi connectivity index (χ2n) is 5.41. The van der Waals surface area contributed by atoms with Crippen LogP contribution < -0.4 is 5.43 Å². The topological polar surface area (TPSA) is 70.2 Å². The number of H-pyrrole nitrogens is 1. The number of aromatic carboxylic acids is 1. The van der Waals surface area contributed by atoms with Crippen LogP contribution in [0.5, 0.6) is 0 Å². The predicted molar refractivity (Wildman–Crippen MR) is 90.3 cm³/mol. The molecule has 0 fully saturated rings. The van der Waals surface area contributed by atoms with Crippen LogP contribution in [-0.4, -0.2) is 16.1 Å². The number of aromatic amines is 1. The Kier molecular flexibility index (Phi) is 4.36. The molecule has 24 heavy (non-hydrogen) atoms. The molecular weight excluding hydrogens is 333 g/mol. The van der Waals surface area contributed by atoms with Crippen LogP contribution in [-0.2, 0) is 12.8 Å². The molecule has 0 radical (unpaired) electrons. The lowest BCUT2D eigenvalue weighted by Gasteiger charge is -2.09. The first-order valence-electron chi connectivity index (χ1n) is 7.28. The third-order valence-electron chi connectivity index (χ3n) is 3.84. The summed E-state index contributed by atoms with van der Waals surface area (Å²) in [4.78, 5) is 26.9. The van der Waals surface area contributed by atoms with Crippen LogP contribution in [0.4, 0.5) is 4.39 Å².